The zero-order chi connectivity index (χ0) is 17.4. The molecule has 0 aliphatic rings. The van der Waals surface area contributed by atoms with E-state index in [1.807, 2.05) is 13.8 Å². The van der Waals surface area contributed by atoms with Crippen molar-refractivity contribution in [2.24, 2.45) is 0 Å². The summed E-state index contributed by atoms with van der Waals surface area (Å²) in [6.07, 6.45) is 3.06. The van der Waals surface area contributed by atoms with Crippen LogP contribution in [0.4, 0.5) is 11.5 Å². The number of aromatic nitrogens is 2. The first-order valence-corrected chi connectivity index (χ1v) is 8.50. The number of H-pyrrole nitrogens is 1. The third-order valence-electron chi connectivity index (χ3n) is 3.49. The topological polar surface area (TPSA) is 101 Å². The van der Waals surface area contributed by atoms with Crippen molar-refractivity contribution in [2.75, 3.05) is 23.1 Å². The van der Waals surface area contributed by atoms with E-state index in [9.17, 15) is 14.4 Å². The predicted molar refractivity (Wildman–Crippen MR) is 93.2 cm³/mol. The summed E-state index contributed by atoms with van der Waals surface area (Å²) >= 11 is 5.63. The van der Waals surface area contributed by atoms with Crippen LogP contribution in [0.25, 0.3) is 0 Å². The molecule has 0 radical (unpaired) electrons. The lowest BCUT2D eigenvalue weighted by Crippen LogP contribution is -2.41. The monoisotopic (exact) mass is 344 g/mol. The number of unbranched alkanes of at least 4 members (excludes halogenated alkanes) is 1. The Hall–Kier alpha value is -1.76. The number of halogens is 1. The van der Waals surface area contributed by atoms with E-state index in [0.29, 0.717) is 31.8 Å². The number of nitrogens with two attached hydrogens (primary N) is 1. The minimum atomic E-state index is -0.632. The number of nitrogen functional groups attached to an aromatic ring is 1. The van der Waals surface area contributed by atoms with Gasteiger partial charge in [0.1, 0.15) is 5.82 Å². The van der Waals surface area contributed by atoms with Crippen LogP contribution in [0.1, 0.15) is 46.0 Å². The van der Waals surface area contributed by atoms with E-state index in [1.54, 1.807) is 0 Å². The van der Waals surface area contributed by atoms with E-state index in [0.717, 1.165) is 12.8 Å². The SMILES string of the molecule is CCCCn1c(N)c(N(CCC)C(=O)CCCCl)c(=O)[nH]c1=O. The Balaban J connectivity index is 3.32. The summed E-state index contributed by atoms with van der Waals surface area (Å²) in [6, 6.07) is 0. The number of hydrogen-bond acceptors (Lipinski definition) is 4. The van der Waals surface area contributed by atoms with Gasteiger partial charge in [0.05, 0.1) is 0 Å². The van der Waals surface area contributed by atoms with Gasteiger partial charge < -0.3 is 10.6 Å². The van der Waals surface area contributed by atoms with Gasteiger partial charge in [0.15, 0.2) is 5.69 Å². The fourth-order valence-electron chi connectivity index (χ4n) is 2.31. The molecule has 0 aromatic carbocycles. The van der Waals surface area contributed by atoms with Crippen molar-refractivity contribution < 1.29 is 4.79 Å². The largest absolute Gasteiger partial charge is 0.383 e. The Morgan fingerprint density at radius 3 is 2.52 bits per heavy atom. The molecule has 7 nitrogen and oxygen atoms in total. The standard InChI is InChI=1S/C15H25ClN4O3/c1-3-5-10-20-13(17)12(14(22)18-15(20)23)19(9-4-2)11(21)7-6-8-16/h3-10,17H2,1-2H3,(H,18,22,23). The Morgan fingerprint density at radius 2 is 1.96 bits per heavy atom. The quantitative estimate of drug-likeness (QED) is 0.665. The highest BCUT2D eigenvalue weighted by molar-refractivity contribution is 6.18. The van der Waals surface area contributed by atoms with Gasteiger partial charge in [0.25, 0.3) is 5.56 Å². The van der Waals surface area contributed by atoms with Crippen LogP contribution in [-0.4, -0.2) is 27.9 Å². The van der Waals surface area contributed by atoms with Crippen LogP contribution in [0.2, 0.25) is 0 Å². The van der Waals surface area contributed by atoms with Gasteiger partial charge in [-0.05, 0) is 19.3 Å². The van der Waals surface area contributed by atoms with E-state index < -0.39 is 11.2 Å². The molecule has 0 aliphatic carbocycles. The molecule has 8 heteroatoms. The van der Waals surface area contributed by atoms with E-state index in [1.165, 1.54) is 9.47 Å². The highest BCUT2D eigenvalue weighted by atomic mass is 35.5. The number of amides is 1. The molecule has 0 saturated heterocycles. The Bertz CT molecular complexity index is 639. The molecule has 0 atom stereocenters. The second-order valence-electron chi connectivity index (χ2n) is 5.34. The van der Waals surface area contributed by atoms with Crippen molar-refractivity contribution in [3.63, 3.8) is 0 Å². The van der Waals surface area contributed by atoms with E-state index >= 15 is 0 Å². The van der Waals surface area contributed by atoms with Crippen molar-refractivity contribution in [2.45, 2.75) is 52.5 Å². The molecule has 1 aromatic rings. The van der Waals surface area contributed by atoms with E-state index in [-0.39, 0.29) is 23.8 Å². The second-order valence-corrected chi connectivity index (χ2v) is 5.71. The lowest BCUT2D eigenvalue weighted by Gasteiger charge is -2.24. The summed E-state index contributed by atoms with van der Waals surface area (Å²) in [5.74, 6) is 0.193. The molecule has 0 saturated carbocycles. The molecule has 0 spiro atoms. The molecule has 1 heterocycles. The maximum absolute atomic E-state index is 12.4. The Kier molecular flexibility index (Phi) is 7.88. The fraction of sp³-hybridized carbons (Fsp3) is 0.667. The van der Waals surface area contributed by atoms with Crippen molar-refractivity contribution in [1.29, 1.82) is 0 Å². The summed E-state index contributed by atoms with van der Waals surface area (Å²) in [6.45, 7) is 4.66. The lowest BCUT2D eigenvalue weighted by molar-refractivity contribution is -0.118. The zero-order valence-electron chi connectivity index (χ0n) is 13.7. The van der Waals surface area contributed by atoms with Gasteiger partial charge in [-0.15, -0.1) is 11.6 Å². The molecule has 0 unspecified atom stereocenters. The van der Waals surface area contributed by atoms with Crippen LogP contribution < -0.4 is 21.9 Å². The number of aromatic amines is 1. The first-order valence-electron chi connectivity index (χ1n) is 7.96. The summed E-state index contributed by atoms with van der Waals surface area (Å²) in [5, 5.41) is 0. The number of carbonyl (C=O) groups excluding carboxylic acids is 1. The van der Waals surface area contributed by atoms with Gasteiger partial charge in [-0.3, -0.25) is 19.1 Å². The van der Waals surface area contributed by atoms with E-state index in [4.69, 9.17) is 17.3 Å². The van der Waals surface area contributed by atoms with Gasteiger partial charge >= 0.3 is 5.69 Å². The molecule has 1 amide bonds. The van der Waals surface area contributed by atoms with Gasteiger partial charge in [0, 0.05) is 25.4 Å². The minimum Gasteiger partial charge on any atom is -0.383 e. The lowest BCUT2D eigenvalue weighted by atomic mass is 10.2. The first-order chi connectivity index (χ1) is 11.0. The number of nitrogens with one attached hydrogen (secondary N) is 1. The van der Waals surface area contributed by atoms with Crippen LogP contribution in [0, 0.1) is 0 Å². The maximum Gasteiger partial charge on any atom is 0.330 e. The second kappa shape index (κ2) is 9.39. The molecule has 1 aromatic heterocycles. The molecular formula is C15H25ClN4O3. The van der Waals surface area contributed by atoms with Crippen molar-refractivity contribution in [3.8, 4) is 0 Å². The molecule has 130 valence electrons. The normalized spacial score (nSPS) is 10.7. The zero-order valence-corrected chi connectivity index (χ0v) is 14.5. The summed E-state index contributed by atoms with van der Waals surface area (Å²) < 4.78 is 1.32. The van der Waals surface area contributed by atoms with Crippen LogP contribution in [-0.2, 0) is 11.3 Å². The first kappa shape index (κ1) is 19.3. The van der Waals surface area contributed by atoms with Crippen LogP contribution in [0.5, 0.6) is 0 Å². The molecule has 0 fully saturated rings. The predicted octanol–water partition coefficient (Wildman–Crippen LogP) is 1.68. The highest BCUT2D eigenvalue weighted by Crippen LogP contribution is 2.19. The molecular weight excluding hydrogens is 320 g/mol. The van der Waals surface area contributed by atoms with Gasteiger partial charge in [-0.25, -0.2) is 4.79 Å². The average molecular weight is 345 g/mol. The Morgan fingerprint density at radius 1 is 1.26 bits per heavy atom. The number of nitrogens with zero attached hydrogens (tertiary/aromatic N) is 2. The molecule has 0 aliphatic heterocycles. The van der Waals surface area contributed by atoms with Crippen LogP contribution in [0.3, 0.4) is 0 Å². The van der Waals surface area contributed by atoms with Crippen molar-refractivity contribution in [1.82, 2.24) is 9.55 Å². The van der Waals surface area contributed by atoms with Crippen molar-refractivity contribution in [3.05, 3.63) is 20.8 Å². The Labute approximate surface area is 140 Å². The fourth-order valence-corrected chi connectivity index (χ4v) is 2.45. The van der Waals surface area contributed by atoms with Crippen LogP contribution in [0.15, 0.2) is 9.59 Å². The molecule has 0 bridgehead atoms. The number of hydrogen-bond donors (Lipinski definition) is 2. The van der Waals surface area contributed by atoms with Crippen LogP contribution >= 0.6 is 11.6 Å². The third kappa shape index (κ3) is 4.86. The smallest absolute Gasteiger partial charge is 0.330 e. The average Bonchev–Trinajstić information content (AvgIpc) is 2.51. The molecule has 3 N–H and O–H groups in total. The molecule has 23 heavy (non-hydrogen) atoms. The van der Waals surface area contributed by atoms with Crippen molar-refractivity contribution >= 4 is 29.0 Å². The van der Waals surface area contributed by atoms with Gasteiger partial charge in [-0.1, -0.05) is 20.3 Å². The number of rotatable bonds is 9. The summed E-state index contributed by atoms with van der Waals surface area (Å²) in [5.41, 5.74) is 4.93. The summed E-state index contributed by atoms with van der Waals surface area (Å²) in [7, 11) is 0. The summed E-state index contributed by atoms with van der Waals surface area (Å²) in [4.78, 5) is 40.2. The van der Waals surface area contributed by atoms with Gasteiger partial charge in [-0.2, -0.15) is 0 Å². The minimum absolute atomic E-state index is 0.0415. The molecule has 1 rings (SSSR count). The third-order valence-corrected chi connectivity index (χ3v) is 3.76. The maximum atomic E-state index is 12.4. The van der Waals surface area contributed by atoms with E-state index in [2.05, 4.69) is 4.98 Å². The van der Waals surface area contributed by atoms with Gasteiger partial charge in [0.2, 0.25) is 5.91 Å². The number of carbonyl (C=O) groups is 1. The number of alkyl halides is 1. The highest BCUT2D eigenvalue weighted by Gasteiger charge is 2.23. The number of anilines is 2.